The molecular formula is C21H17BrFN3O. The third-order valence-electron chi connectivity index (χ3n) is 4.57. The highest BCUT2D eigenvalue weighted by Gasteiger charge is 2.17. The number of hydrogen-bond acceptors (Lipinski definition) is 2. The van der Waals surface area contributed by atoms with Crippen molar-refractivity contribution in [2.45, 2.75) is 20.4 Å². The van der Waals surface area contributed by atoms with Gasteiger partial charge >= 0.3 is 0 Å². The molecule has 27 heavy (non-hydrogen) atoms. The van der Waals surface area contributed by atoms with Crippen molar-refractivity contribution in [3.05, 3.63) is 92.1 Å². The van der Waals surface area contributed by atoms with Crippen LogP contribution in [0.25, 0.3) is 16.7 Å². The lowest BCUT2D eigenvalue weighted by molar-refractivity contribution is 0.625. The molecule has 0 N–H and O–H groups in total. The van der Waals surface area contributed by atoms with Crippen LogP contribution in [0.5, 0.6) is 0 Å². The van der Waals surface area contributed by atoms with Gasteiger partial charge < -0.3 is 0 Å². The van der Waals surface area contributed by atoms with E-state index in [-0.39, 0.29) is 11.4 Å². The van der Waals surface area contributed by atoms with Gasteiger partial charge in [0.25, 0.3) is 5.56 Å². The van der Waals surface area contributed by atoms with Crippen LogP contribution in [0, 0.1) is 19.7 Å². The van der Waals surface area contributed by atoms with Crippen LogP contribution in [-0.4, -0.2) is 14.3 Å². The number of aromatic nitrogens is 3. The summed E-state index contributed by atoms with van der Waals surface area (Å²) in [5.41, 5.74) is 3.79. The van der Waals surface area contributed by atoms with Crippen molar-refractivity contribution in [3.63, 3.8) is 0 Å². The van der Waals surface area contributed by atoms with Crippen LogP contribution in [0.2, 0.25) is 0 Å². The zero-order valence-electron chi connectivity index (χ0n) is 14.9. The Morgan fingerprint density at radius 2 is 1.85 bits per heavy atom. The van der Waals surface area contributed by atoms with Crippen LogP contribution in [0.1, 0.15) is 16.8 Å². The van der Waals surface area contributed by atoms with Crippen molar-refractivity contribution in [1.82, 2.24) is 14.3 Å². The molecule has 0 aliphatic rings. The molecule has 0 amide bonds. The van der Waals surface area contributed by atoms with Crippen LogP contribution in [0.3, 0.4) is 0 Å². The lowest BCUT2D eigenvalue weighted by Gasteiger charge is -2.13. The number of hydrogen-bond donors (Lipinski definition) is 0. The molecule has 0 bridgehead atoms. The molecule has 6 heteroatoms. The van der Waals surface area contributed by atoms with Crippen LogP contribution in [0.15, 0.2) is 63.9 Å². The van der Waals surface area contributed by atoms with E-state index in [1.807, 2.05) is 38.1 Å². The Balaban J connectivity index is 2.02. The average Bonchev–Trinajstić information content (AvgIpc) is 2.96. The van der Waals surface area contributed by atoms with E-state index in [0.717, 1.165) is 26.7 Å². The molecule has 0 atom stereocenters. The highest BCUT2D eigenvalue weighted by Crippen LogP contribution is 2.25. The molecule has 2 aromatic heterocycles. The molecule has 0 spiro atoms. The van der Waals surface area contributed by atoms with E-state index in [1.165, 1.54) is 12.1 Å². The number of fused-ring (bicyclic) bond motifs is 1. The molecule has 0 radical (unpaired) electrons. The zero-order valence-corrected chi connectivity index (χ0v) is 16.5. The fourth-order valence-corrected chi connectivity index (χ4v) is 3.87. The van der Waals surface area contributed by atoms with E-state index in [0.29, 0.717) is 17.9 Å². The fraction of sp³-hybridized carbons (Fsp3) is 0.143. The van der Waals surface area contributed by atoms with Gasteiger partial charge in [0.05, 0.1) is 17.9 Å². The molecule has 4 nitrogen and oxygen atoms in total. The van der Waals surface area contributed by atoms with Crippen molar-refractivity contribution in [2.24, 2.45) is 0 Å². The lowest BCUT2D eigenvalue weighted by atomic mass is 10.1. The molecule has 4 rings (SSSR count). The Morgan fingerprint density at radius 1 is 1.07 bits per heavy atom. The first-order chi connectivity index (χ1) is 12.9. The summed E-state index contributed by atoms with van der Waals surface area (Å²) < 4.78 is 18.1. The number of aryl methyl sites for hydroxylation is 2. The minimum absolute atomic E-state index is 0.113. The van der Waals surface area contributed by atoms with Gasteiger partial charge in [0.15, 0.2) is 0 Å². The summed E-state index contributed by atoms with van der Waals surface area (Å²) in [6, 6.07) is 15.7. The molecular weight excluding hydrogens is 409 g/mol. The quantitative estimate of drug-likeness (QED) is 0.474. The van der Waals surface area contributed by atoms with Crippen molar-refractivity contribution in [3.8, 4) is 5.69 Å². The Kier molecular flexibility index (Phi) is 4.44. The monoisotopic (exact) mass is 425 g/mol. The highest BCUT2D eigenvalue weighted by molar-refractivity contribution is 9.10. The van der Waals surface area contributed by atoms with Gasteiger partial charge in [0.2, 0.25) is 0 Å². The van der Waals surface area contributed by atoms with Gasteiger partial charge in [-0.05, 0) is 55.3 Å². The second kappa shape index (κ2) is 6.78. The molecule has 0 unspecified atom stereocenters. The van der Waals surface area contributed by atoms with Crippen LogP contribution >= 0.6 is 15.9 Å². The Bertz CT molecular complexity index is 1230. The second-order valence-electron chi connectivity index (χ2n) is 6.56. The Labute approximate surface area is 164 Å². The van der Waals surface area contributed by atoms with E-state index in [1.54, 1.807) is 27.4 Å². The summed E-state index contributed by atoms with van der Waals surface area (Å²) in [7, 11) is 0. The van der Waals surface area contributed by atoms with Crippen LogP contribution in [0.4, 0.5) is 4.39 Å². The van der Waals surface area contributed by atoms with Gasteiger partial charge in [-0.15, -0.1) is 0 Å². The van der Waals surface area contributed by atoms with Gasteiger partial charge in [-0.25, -0.2) is 9.07 Å². The summed E-state index contributed by atoms with van der Waals surface area (Å²) in [6.45, 7) is 4.20. The molecule has 0 saturated heterocycles. The largest absolute Gasteiger partial charge is 0.288 e. The summed E-state index contributed by atoms with van der Waals surface area (Å²) >= 11 is 3.47. The SMILES string of the molecule is Cc1cc(=O)n(Cc2cccc(Br)c2)c2c1c(C)nn2-c1cccc(F)c1. The van der Waals surface area contributed by atoms with Crippen LogP contribution in [-0.2, 0) is 6.54 Å². The summed E-state index contributed by atoms with van der Waals surface area (Å²) in [6.07, 6.45) is 0. The minimum atomic E-state index is -0.345. The Hall–Kier alpha value is -2.73. The maximum Gasteiger partial charge on any atom is 0.252 e. The van der Waals surface area contributed by atoms with E-state index in [9.17, 15) is 9.18 Å². The molecule has 0 aliphatic carbocycles. The Morgan fingerprint density at radius 3 is 2.59 bits per heavy atom. The normalized spacial score (nSPS) is 11.3. The van der Waals surface area contributed by atoms with Gasteiger partial charge in [-0.2, -0.15) is 5.10 Å². The predicted octanol–water partition coefficient (Wildman–Crippen LogP) is 4.75. The predicted molar refractivity (Wildman–Crippen MR) is 108 cm³/mol. The highest BCUT2D eigenvalue weighted by atomic mass is 79.9. The smallest absolute Gasteiger partial charge is 0.252 e. The lowest BCUT2D eigenvalue weighted by Crippen LogP contribution is -2.22. The summed E-state index contributed by atoms with van der Waals surface area (Å²) in [5, 5.41) is 5.51. The standard InChI is InChI=1S/C21H17BrFN3O/c1-13-9-19(27)25(12-15-5-3-6-16(22)10-15)21-20(13)14(2)24-26(21)18-8-4-7-17(23)11-18/h3-11H,12H2,1-2H3. The first-order valence-corrected chi connectivity index (χ1v) is 9.33. The third-order valence-corrected chi connectivity index (χ3v) is 5.07. The number of rotatable bonds is 3. The molecule has 4 aromatic rings. The summed E-state index contributed by atoms with van der Waals surface area (Å²) in [4.78, 5) is 12.8. The summed E-state index contributed by atoms with van der Waals surface area (Å²) in [5.74, 6) is -0.345. The average molecular weight is 426 g/mol. The molecule has 0 aliphatic heterocycles. The second-order valence-corrected chi connectivity index (χ2v) is 7.47. The zero-order chi connectivity index (χ0) is 19.1. The molecule has 0 fully saturated rings. The third kappa shape index (κ3) is 3.21. The number of nitrogens with zero attached hydrogens (tertiary/aromatic N) is 3. The van der Waals surface area contributed by atoms with E-state index in [4.69, 9.17) is 0 Å². The van der Waals surface area contributed by atoms with Crippen molar-refractivity contribution < 1.29 is 4.39 Å². The minimum Gasteiger partial charge on any atom is -0.288 e. The maximum absolute atomic E-state index is 13.8. The molecule has 2 aromatic carbocycles. The molecule has 0 saturated carbocycles. The van der Waals surface area contributed by atoms with Gasteiger partial charge in [-0.3, -0.25) is 9.36 Å². The molecule has 2 heterocycles. The topological polar surface area (TPSA) is 39.8 Å². The van der Waals surface area contributed by atoms with Crippen molar-refractivity contribution in [2.75, 3.05) is 0 Å². The number of pyridine rings is 1. The number of halogens is 2. The number of benzene rings is 2. The first-order valence-electron chi connectivity index (χ1n) is 8.54. The van der Waals surface area contributed by atoms with Crippen molar-refractivity contribution >= 4 is 27.0 Å². The van der Waals surface area contributed by atoms with E-state index < -0.39 is 0 Å². The first kappa shape index (κ1) is 17.7. The van der Waals surface area contributed by atoms with Gasteiger partial charge in [0.1, 0.15) is 11.5 Å². The van der Waals surface area contributed by atoms with E-state index >= 15 is 0 Å². The van der Waals surface area contributed by atoms with Crippen molar-refractivity contribution in [1.29, 1.82) is 0 Å². The van der Waals surface area contributed by atoms with Crippen LogP contribution < -0.4 is 5.56 Å². The molecule has 136 valence electrons. The van der Waals surface area contributed by atoms with Gasteiger partial charge in [-0.1, -0.05) is 34.1 Å². The van der Waals surface area contributed by atoms with E-state index in [2.05, 4.69) is 21.0 Å². The fourth-order valence-electron chi connectivity index (χ4n) is 3.42. The maximum atomic E-state index is 13.8. The van der Waals surface area contributed by atoms with Gasteiger partial charge in [0, 0.05) is 15.9 Å².